The molecule has 0 atom stereocenters. The lowest BCUT2D eigenvalue weighted by molar-refractivity contribution is -0.385. The SMILES string of the molecule is O=C(O)c1cc([N+](=O)[O-])cc2c1-c1ccc([N+](=O)[O-])cc1/C2=N/[O-]. The smallest absolute Gasteiger partial charge is 0.336 e. The van der Waals surface area contributed by atoms with E-state index in [-0.39, 0.29) is 39.2 Å². The van der Waals surface area contributed by atoms with Gasteiger partial charge in [0.15, 0.2) is 0 Å². The molecule has 0 aliphatic heterocycles. The molecule has 10 heteroatoms. The first-order chi connectivity index (χ1) is 11.3. The molecule has 2 aromatic rings. The minimum Gasteiger partial charge on any atom is -0.791 e. The summed E-state index contributed by atoms with van der Waals surface area (Å²) in [7, 11) is 0. The van der Waals surface area contributed by atoms with Crippen molar-refractivity contribution in [2.24, 2.45) is 5.16 Å². The first kappa shape index (κ1) is 15.1. The molecular weight excluding hydrogens is 322 g/mol. The lowest BCUT2D eigenvalue weighted by atomic mass is 9.98. The Balaban J connectivity index is 2.39. The number of nitro benzene ring substituents is 2. The quantitative estimate of drug-likeness (QED) is 0.571. The lowest BCUT2D eigenvalue weighted by Gasteiger charge is -2.06. The highest BCUT2D eigenvalue weighted by Gasteiger charge is 2.32. The number of carbonyl (C=O) groups is 1. The Morgan fingerprint density at radius 3 is 2.12 bits per heavy atom. The second-order valence-electron chi connectivity index (χ2n) is 4.91. The highest BCUT2D eigenvalue weighted by Crippen LogP contribution is 2.42. The fraction of sp³-hybridized carbons (Fsp3) is 0. The Hall–Kier alpha value is -3.82. The van der Waals surface area contributed by atoms with Gasteiger partial charge in [-0.2, -0.15) is 0 Å². The van der Waals surface area contributed by atoms with E-state index in [1.165, 1.54) is 6.07 Å². The fourth-order valence-electron chi connectivity index (χ4n) is 2.68. The van der Waals surface area contributed by atoms with Gasteiger partial charge in [0.1, 0.15) is 0 Å². The van der Waals surface area contributed by atoms with E-state index < -0.39 is 21.5 Å². The predicted octanol–water partition coefficient (Wildman–Crippen LogP) is 2.52. The molecule has 10 nitrogen and oxygen atoms in total. The van der Waals surface area contributed by atoms with Gasteiger partial charge >= 0.3 is 5.97 Å². The van der Waals surface area contributed by atoms with Crippen molar-refractivity contribution >= 4 is 23.1 Å². The van der Waals surface area contributed by atoms with E-state index in [2.05, 4.69) is 5.16 Å². The number of fused-ring (bicyclic) bond motifs is 3. The number of nitro groups is 2. The number of rotatable bonds is 3. The van der Waals surface area contributed by atoms with Gasteiger partial charge in [-0.1, -0.05) is 0 Å². The monoisotopic (exact) mass is 328 g/mol. The first-order valence-corrected chi connectivity index (χ1v) is 6.40. The summed E-state index contributed by atoms with van der Waals surface area (Å²) < 4.78 is 0. The van der Waals surface area contributed by atoms with Crippen LogP contribution in [0.25, 0.3) is 11.1 Å². The third-order valence-corrected chi connectivity index (χ3v) is 3.65. The normalized spacial score (nSPS) is 13.4. The maximum Gasteiger partial charge on any atom is 0.336 e. The molecule has 0 amide bonds. The molecule has 2 aromatic carbocycles. The molecule has 1 N–H and O–H groups in total. The predicted molar refractivity (Wildman–Crippen MR) is 81.2 cm³/mol. The molecule has 0 aromatic heterocycles. The number of hydrogen-bond donors (Lipinski definition) is 1. The van der Waals surface area contributed by atoms with Gasteiger partial charge in [0.05, 0.1) is 21.1 Å². The summed E-state index contributed by atoms with van der Waals surface area (Å²) in [6, 6.07) is 5.44. The third-order valence-electron chi connectivity index (χ3n) is 3.65. The van der Waals surface area contributed by atoms with Crippen molar-refractivity contribution in [1.29, 1.82) is 0 Å². The van der Waals surface area contributed by atoms with Crippen molar-refractivity contribution in [2.75, 3.05) is 0 Å². The maximum atomic E-state index is 11.5. The van der Waals surface area contributed by atoms with Crippen LogP contribution >= 0.6 is 0 Å². The van der Waals surface area contributed by atoms with E-state index in [4.69, 9.17) is 0 Å². The zero-order valence-corrected chi connectivity index (χ0v) is 11.6. The van der Waals surface area contributed by atoms with Gasteiger partial charge in [0, 0.05) is 41.0 Å². The largest absolute Gasteiger partial charge is 0.791 e. The molecule has 0 fully saturated rings. The zero-order valence-electron chi connectivity index (χ0n) is 11.6. The van der Waals surface area contributed by atoms with Crippen LogP contribution in [0.3, 0.4) is 0 Å². The van der Waals surface area contributed by atoms with E-state index in [9.17, 15) is 35.3 Å². The number of hydrogen-bond acceptors (Lipinski definition) is 7. The number of nitrogens with zero attached hydrogens (tertiary/aromatic N) is 3. The summed E-state index contributed by atoms with van der Waals surface area (Å²) in [5.74, 6) is -1.42. The number of carboxylic acids is 1. The number of carboxylic acid groups (broad SMARTS) is 1. The average molecular weight is 328 g/mol. The second kappa shape index (κ2) is 5.12. The van der Waals surface area contributed by atoms with Crippen molar-refractivity contribution < 1.29 is 19.7 Å². The van der Waals surface area contributed by atoms with Crippen LogP contribution in [0, 0.1) is 25.4 Å². The molecule has 0 heterocycles. The zero-order chi connectivity index (χ0) is 17.6. The highest BCUT2D eigenvalue weighted by atomic mass is 16.6. The summed E-state index contributed by atoms with van der Waals surface area (Å²) in [6.45, 7) is 0. The van der Waals surface area contributed by atoms with Gasteiger partial charge in [-0.3, -0.25) is 20.2 Å². The molecule has 0 saturated carbocycles. The molecule has 0 unspecified atom stereocenters. The maximum absolute atomic E-state index is 11.5. The second-order valence-corrected chi connectivity index (χ2v) is 4.91. The van der Waals surface area contributed by atoms with E-state index in [0.717, 1.165) is 24.3 Å². The molecule has 0 spiro atoms. The van der Waals surface area contributed by atoms with Crippen molar-refractivity contribution in [1.82, 2.24) is 0 Å². The molecule has 0 radical (unpaired) electrons. The first-order valence-electron chi connectivity index (χ1n) is 6.40. The molecular formula is C14H6N3O7-. The Bertz CT molecular complexity index is 965. The summed E-state index contributed by atoms with van der Waals surface area (Å²) in [5.41, 5.74) is -1.12. The van der Waals surface area contributed by atoms with Crippen LogP contribution in [-0.2, 0) is 0 Å². The molecule has 3 rings (SSSR count). The van der Waals surface area contributed by atoms with Crippen LogP contribution in [0.5, 0.6) is 0 Å². The molecule has 24 heavy (non-hydrogen) atoms. The molecule has 1 aliphatic rings. The number of non-ortho nitro benzene ring substituents is 2. The van der Waals surface area contributed by atoms with E-state index in [1.54, 1.807) is 0 Å². The third kappa shape index (κ3) is 2.05. The standard InChI is InChI=1S/C14H7N3O7/c18-14(19)11-5-7(17(23)24)4-10-12(11)8-2-1-6(16(21)22)3-9(8)13(10)15-20/h1-5,20H,(H,18,19)/p-1/b15-13-. The van der Waals surface area contributed by atoms with E-state index in [0.29, 0.717) is 0 Å². The van der Waals surface area contributed by atoms with E-state index >= 15 is 0 Å². The summed E-state index contributed by atoms with van der Waals surface area (Å²) in [6.07, 6.45) is 0. The fourth-order valence-corrected chi connectivity index (χ4v) is 2.68. The van der Waals surface area contributed by atoms with Crippen LogP contribution in [0.4, 0.5) is 11.4 Å². The van der Waals surface area contributed by atoms with Crippen LogP contribution in [0.1, 0.15) is 21.5 Å². The van der Waals surface area contributed by atoms with Gasteiger partial charge in [-0.15, -0.1) is 0 Å². The molecule has 120 valence electrons. The van der Waals surface area contributed by atoms with Gasteiger partial charge in [-0.05, 0) is 11.6 Å². The minimum absolute atomic E-state index is 0.0351. The molecule has 1 aliphatic carbocycles. The Morgan fingerprint density at radius 1 is 0.958 bits per heavy atom. The van der Waals surface area contributed by atoms with Gasteiger partial charge < -0.3 is 15.5 Å². The van der Waals surface area contributed by atoms with Crippen LogP contribution < -0.4 is 0 Å². The van der Waals surface area contributed by atoms with Gasteiger partial charge in [0.25, 0.3) is 11.4 Å². The number of aromatic carboxylic acids is 1. The minimum atomic E-state index is -1.42. The van der Waals surface area contributed by atoms with Crippen molar-refractivity contribution in [2.45, 2.75) is 0 Å². The van der Waals surface area contributed by atoms with Crippen LogP contribution in [-0.4, -0.2) is 26.6 Å². The van der Waals surface area contributed by atoms with Crippen molar-refractivity contribution in [3.8, 4) is 11.1 Å². The van der Waals surface area contributed by atoms with Crippen LogP contribution in [0.2, 0.25) is 0 Å². The van der Waals surface area contributed by atoms with Gasteiger partial charge in [0.2, 0.25) is 0 Å². The lowest BCUT2D eigenvalue weighted by Crippen LogP contribution is -2.04. The summed E-state index contributed by atoms with van der Waals surface area (Å²) >= 11 is 0. The topological polar surface area (TPSA) is 159 Å². The summed E-state index contributed by atoms with van der Waals surface area (Å²) in [5, 5.41) is 45.2. The van der Waals surface area contributed by atoms with Crippen molar-refractivity contribution in [3.63, 3.8) is 0 Å². The average Bonchev–Trinajstić information content (AvgIpc) is 2.86. The summed E-state index contributed by atoms with van der Waals surface area (Å²) in [4.78, 5) is 31.9. The number of benzene rings is 2. The molecule has 0 saturated heterocycles. The van der Waals surface area contributed by atoms with Crippen LogP contribution in [0.15, 0.2) is 35.5 Å². The Kier molecular flexibility index (Phi) is 3.22. The highest BCUT2D eigenvalue weighted by molar-refractivity contribution is 6.27. The Labute approximate surface area is 132 Å². The van der Waals surface area contributed by atoms with Crippen molar-refractivity contribution in [3.05, 3.63) is 72.5 Å². The molecule has 0 bridgehead atoms. The Morgan fingerprint density at radius 2 is 1.58 bits per heavy atom. The van der Waals surface area contributed by atoms with E-state index in [1.807, 2.05) is 0 Å². The van der Waals surface area contributed by atoms with Gasteiger partial charge in [-0.25, -0.2) is 4.79 Å².